The number of carbonyl (C=O) groups excluding carboxylic acids is 1. The van der Waals surface area contributed by atoms with Crippen LogP contribution in [0.15, 0.2) is 60.7 Å². The van der Waals surface area contributed by atoms with E-state index in [0.29, 0.717) is 17.2 Å². The van der Waals surface area contributed by atoms with Gasteiger partial charge in [-0.2, -0.15) is 31.6 Å². The molecule has 7 nitrogen and oxygen atoms in total. The van der Waals surface area contributed by atoms with E-state index in [1.54, 1.807) is 0 Å². The summed E-state index contributed by atoms with van der Waals surface area (Å²) in [6.07, 6.45) is -9.20. The van der Waals surface area contributed by atoms with Crippen molar-refractivity contribution in [3.05, 3.63) is 76.8 Å². The van der Waals surface area contributed by atoms with Crippen LogP contribution in [-0.4, -0.2) is 26.7 Å². The lowest BCUT2D eigenvalue weighted by Gasteiger charge is -2.14. The molecule has 0 bridgehead atoms. The molecule has 0 saturated heterocycles. The van der Waals surface area contributed by atoms with Crippen LogP contribution in [0.2, 0.25) is 5.02 Å². The maximum absolute atomic E-state index is 13.1. The molecule has 2 amide bonds. The van der Waals surface area contributed by atoms with E-state index >= 15 is 0 Å². The Bertz CT molecular complexity index is 1390. The zero-order valence-electron chi connectivity index (χ0n) is 17.7. The van der Waals surface area contributed by atoms with Gasteiger partial charge in [-0.05, 0) is 58.8 Å². The summed E-state index contributed by atoms with van der Waals surface area (Å²) in [7, 11) is 0. The molecule has 4 rings (SSSR count). The number of aromatic nitrogens is 4. The zero-order valence-corrected chi connectivity index (χ0v) is 18.4. The van der Waals surface area contributed by atoms with Crippen molar-refractivity contribution in [2.75, 3.05) is 10.6 Å². The van der Waals surface area contributed by atoms with Crippen LogP contribution in [0, 0.1) is 0 Å². The van der Waals surface area contributed by atoms with Crippen molar-refractivity contribution in [2.24, 2.45) is 0 Å². The smallest absolute Gasteiger partial charge is 0.308 e. The Hall–Kier alpha value is -4.13. The summed E-state index contributed by atoms with van der Waals surface area (Å²) in [6, 6.07) is 11.0. The van der Waals surface area contributed by atoms with Crippen molar-refractivity contribution in [1.82, 2.24) is 20.6 Å². The van der Waals surface area contributed by atoms with Gasteiger partial charge in [0.25, 0.3) is 0 Å². The van der Waals surface area contributed by atoms with Crippen molar-refractivity contribution in [1.29, 1.82) is 0 Å². The normalized spacial score (nSPS) is 11.9. The van der Waals surface area contributed by atoms with E-state index in [2.05, 4.69) is 31.3 Å². The Morgan fingerprint density at radius 1 is 0.833 bits per heavy atom. The molecule has 3 N–H and O–H groups in total. The summed E-state index contributed by atoms with van der Waals surface area (Å²) in [5, 5.41) is 17.7. The van der Waals surface area contributed by atoms with E-state index in [4.69, 9.17) is 11.6 Å². The Morgan fingerprint density at radius 3 is 2.14 bits per heavy atom. The molecule has 4 aromatic rings. The van der Waals surface area contributed by atoms with Crippen molar-refractivity contribution in [2.45, 2.75) is 12.4 Å². The predicted octanol–water partition coefficient (Wildman–Crippen LogP) is 6.87. The minimum atomic E-state index is -4.72. The molecule has 36 heavy (non-hydrogen) atoms. The Kier molecular flexibility index (Phi) is 6.59. The molecule has 0 atom stereocenters. The average molecular weight is 527 g/mol. The van der Waals surface area contributed by atoms with Crippen molar-refractivity contribution >= 4 is 29.0 Å². The van der Waals surface area contributed by atoms with Gasteiger partial charge in [0.05, 0.1) is 21.8 Å². The number of tetrazole rings is 1. The second-order valence-electron chi connectivity index (χ2n) is 7.34. The number of H-pyrrole nitrogens is 1. The molecule has 0 spiro atoms. The van der Waals surface area contributed by atoms with Gasteiger partial charge in [-0.15, -0.1) is 10.2 Å². The van der Waals surface area contributed by atoms with Gasteiger partial charge in [-0.3, -0.25) is 0 Å². The number of alkyl halides is 6. The van der Waals surface area contributed by atoms with Crippen LogP contribution in [0.4, 0.5) is 42.5 Å². The fourth-order valence-electron chi connectivity index (χ4n) is 3.25. The van der Waals surface area contributed by atoms with Gasteiger partial charge >= 0.3 is 18.4 Å². The number of nitrogens with zero attached hydrogens (tertiary/aromatic N) is 3. The molecule has 0 radical (unpaired) electrons. The van der Waals surface area contributed by atoms with Crippen LogP contribution in [0.25, 0.3) is 22.5 Å². The first-order valence-electron chi connectivity index (χ1n) is 9.92. The fraction of sp³-hybridized carbons (Fsp3) is 0.0909. The number of urea groups is 1. The van der Waals surface area contributed by atoms with E-state index in [1.165, 1.54) is 36.4 Å². The number of carbonyl (C=O) groups is 1. The van der Waals surface area contributed by atoms with Gasteiger partial charge in [0, 0.05) is 11.3 Å². The lowest BCUT2D eigenvalue weighted by Crippen LogP contribution is -2.20. The molecule has 3 aromatic carbocycles. The predicted molar refractivity (Wildman–Crippen MR) is 119 cm³/mol. The van der Waals surface area contributed by atoms with Gasteiger partial charge in [0.1, 0.15) is 0 Å². The van der Waals surface area contributed by atoms with Crippen LogP contribution < -0.4 is 10.6 Å². The summed E-state index contributed by atoms with van der Waals surface area (Å²) in [4.78, 5) is 12.5. The highest BCUT2D eigenvalue weighted by Gasteiger charge is 2.33. The Morgan fingerprint density at radius 2 is 1.53 bits per heavy atom. The Labute approximate surface area is 203 Å². The summed E-state index contributed by atoms with van der Waals surface area (Å²) in [6.45, 7) is 0. The monoisotopic (exact) mass is 526 g/mol. The Balaban J connectivity index is 1.61. The van der Waals surface area contributed by atoms with Gasteiger partial charge < -0.3 is 10.6 Å². The molecule has 0 aliphatic carbocycles. The maximum atomic E-state index is 13.1. The first kappa shape index (κ1) is 25.0. The highest BCUT2D eigenvalue weighted by molar-refractivity contribution is 6.31. The fourth-order valence-corrected chi connectivity index (χ4v) is 3.47. The van der Waals surface area contributed by atoms with E-state index in [0.717, 1.165) is 18.2 Å². The van der Waals surface area contributed by atoms with Crippen molar-refractivity contribution < 1.29 is 31.1 Å². The number of anilines is 2. The number of hydrogen-bond donors (Lipinski definition) is 3. The molecule has 1 heterocycles. The zero-order chi connectivity index (χ0) is 26.1. The summed E-state index contributed by atoms with van der Waals surface area (Å²) in [5.74, 6) is 0.0601. The van der Waals surface area contributed by atoms with E-state index in [1.807, 2.05) is 0 Å². The summed E-state index contributed by atoms with van der Waals surface area (Å²) in [5.41, 5.74) is -0.734. The number of hydrogen-bond acceptors (Lipinski definition) is 4. The van der Waals surface area contributed by atoms with Crippen LogP contribution in [0.5, 0.6) is 0 Å². The van der Waals surface area contributed by atoms with Crippen LogP contribution in [-0.2, 0) is 12.4 Å². The second kappa shape index (κ2) is 9.49. The molecule has 0 saturated carbocycles. The quantitative estimate of drug-likeness (QED) is 0.253. The van der Waals surface area contributed by atoms with E-state index < -0.39 is 34.5 Å². The number of nitrogens with one attached hydrogen (secondary N) is 3. The third-order valence-electron chi connectivity index (χ3n) is 4.93. The molecular weight excluding hydrogens is 514 g/mol. The van der Waals surface area contributed by atoms with Crippen LogP contribution >= 0.6 is 11.6 Å². The number of rotatable bonds is 4. The third kappa shape index (κ3) is 5.57. The molecule has 1 aromatic heterocycles. The number of halogens is 7. The molecule has 0 fully saturated rings. The van der Waals surface area contributed by atoms with Crippen molar-refractivity contribution in [3.8, 4) is 22.5 Å². The summed E-state index contributed by atoms with van der Waals surface area (Å²) >= 11 is 5.59. The first-order valence-corrected chi connectivity index (χ1v) is 10.3. The molecular formula is C22H13ClF6N6O. The SMILES string of the molecule is O=C(Nc1ccc(Cl)c(C(F)(F)F)c1)Nc1ccc(-c2ccc(C(F)(F)F)cc2)cc1-c1nn[nH]n1. The molecule has 0 unspecified atom stereocenters. The van der Waals surface area contributed by atoms with E-state index in [9.17, 15) is 31.1 Å². The van der Waals surface area contributed by atoms with Gasteiger partial charge in [0.15, 0.2) is 0 Å². The van der Waals surface area contributed by atoms with Gasteiger partial charge in [-0.25, -0.2) is 4.79 Å². The summed E-state index contributed by atoms with van der Waals surface area (Å²) < 4.78 is 77.9. The number of benzene rings is 3. The first-order chi connectivity index (χ1) is 16.9. The largest absolute Gasteiger partial charge is 0.417 e. The topological polar surface area (TPSA) is 95.6 Å². The van der Waals surface area contributed by atoms with Gasteiger partial charge in [0.2, 0.25) is 5.82 Å². The minimum Gasteiger partial charge on any atom is -0.308 e. The molecule has 0 aliphatic heterocycles. The number of amides is 2. The van der Waals surface area contributed by atoms with Crippen LogP contribution in [0.3, 0.4) is 0 Å². The highest BCUT2D eigenvalue weighted by atomic mass is 35.5. The average Bonchev–Trinajstić information content (AvgIpc) is 3.34. The molecule has 0 aliphatic rings. The third-order valence-corrected chi connectivity index (χ3v) is 5.26. The standard InChI is InChI=1S/C22H13ClF6N6O/c23-17-7-6-14(10-16(17)22(27,28)29)30-20(36)31-18-8-3-12(9-15(18)19-32-34-35-33-19)11-1-4-13(5-2-11)21(24,25)26/h1-10H,(H2,30,31,36)(H,32,33,34,35). The van der Waals surface area contributed by atoms with E-state index in [-0.39, 0.29) is 22.8 Å². The second-order valence-corrected chi connectivity index (χ2v) is 7.75. The number of aromatic amines is 1. The van der Waals surface area contributed by atoms with Crippen molar-refractivity contribution in [3.63, 3.8) is 0 Å². The maximum Gasteiger partial charge on any atom is 0.417 e. The van der Waals surface area contributed by atoms with Crippen LogP contribution in [0.1, 0.15) is 11.1 Å². The lowest BCUT2D eigenvalue weighted by atomic mass is 10.00. The lowest BCUT2D eigenvalue weighted by molar-refractivity contribution is -0.138. The highest BCUT2D eigenvalue weighted by Crippen LogP contribution is 2.37. The van der Waals surface area contributed by atoms with Gasteiger partial charge in [-0.1, -0.05) is 29.8 Å². The molecule has 186 valence electrons. The minimum absolute atomic E-state index is 0.0601. The molecule has 14 heteroatoms.